The van der Waals surface area contributed by atoms with Gasteiger partial charge in [-0.2, -0.15) is 0 Å². The lowest BCUT2D eigenvalue weighted by atomic mass is 10.3. The first-order valence-electron chi connectivity index (χ1n) is 6.98. The normalized spacial score (nSPS) is 17.2. The van der Waals surface area contributed by atoms with E-state index < -0.39 is 12.3 Å². The largest absolute Gasteiger partial charge is 0.462 e. The van der Waals surface area contributed by atoms with E-state index in [1.54, 1.807) is 6.92 Å². The molecule has 0 atom stereocenters. The number of esters is 1. The van der Waals surface area contributed by atoms with Crippen LogP contribution < -0.4 is 0 Å². The summed E-state index contributed by atoms with van der Waals surface area (Å²) in [6, 6.07) is 0. The van der Waals surface area contributed by atoms with Gasteiger partial charge in [0.05, 0.1) is 18.8 Å². The van der Waals surface area contributed by atoms with E-state index in [0.29, 0.717) is 12.0 Å². The van der Waals surface area contributed by atoms with Crippen LogP contribution in [0.3, 0.4) is 0 Å². The van der Waals surface area contributed by atoms with Crippen LogP contribution in [0.5, 0.6) is 0 Å². The number of carbonyl (C=O) groups excluding carboxylic acids is 1. The molecule has 0 aromatic rings. The summed E-state index contributed by atoms with van der Waals surface area (Å²) in [5.74, 6) is -0.393. The topological polar surface area (TPSA) is 44.8 Å². The Bertz CT molecular complexity index is 445. The van der Waals surface area contributed by atoms with Gasteiger partial charge in [-0.25, -0.2) is 4.79 Å². The smallest absolute Gasteiger partial charge is 0.333 e. The van der Waals surface area contributed by atoms with Crippen molar-refractivity contribution in [2.24, 2.45) is 0 Å². The Morgan fingerprint density at radius 2 is 1.52 bits per heavy atom. The van der Waals surface area contributed by atoms with Crippen molar-refractivity contribution in [2.75, 3.05) is 6.61 Å². The maximum Gasteiger partial charge on any atom is 0.333 e. The molecule has 112 valence electrons. The molecule has 0 saturated heterocycles. The van der Waals surface area contributed by atoms with Gasteiger partial charge in [-0.05, 0) is 6.92 Å². The van der Waals surface area contributed by atoms with Gasteiger partial charge in [-0.3, -0.25) is 0 Å². The van der Waals surface area contributed by atoms with E-state index in [2.05, 4.69) is 6.58 Å². The molecule has 21 heavy (non-hydrogen) atoms. The van der Waals surface area contributed by atoms with Gasteiger partial charge in [0.1, 0.15) is 0 Å². The number of carbonyl (C=O) groups is 1. The van der Waals surface area contributed by atoms with Gasteiger partial charge < -0.3 is 14.2 Å². The summed E-state index contributed by atoms with van der Waals surface area (Å²) < 4.78 is 16.8. The van der Waals surface area contributed by atoms with Crippen LogP contribution in [-0.4, -0.2) is 31.1 Å². The molecule has 0 bridgehead atoms. The number of rotatable bonds is 8. The van der Waals surface area contributed by atoms with Gasteiger partial charge in [0.2, 0.25) is 0 Å². The highest BCUT2D eigenvalue weighted by Gasteiger charge is 2.19. The number of allylic oxidation sites excluding steroid dienone is 4. The maximum atomic E-state index is 11.4. The molecule has 0 aliphatic heterocycles. The summed E-state index contributed by atoms with van der Waals surface area (Å²) >= 11 is 0. The molecule has 2 rings (SSSR count). The first kappa shape index (κ1) is 15.5. The van der Waals surface area contributed by atoms with Crippen molar-refractivity contribution in [2.45, 2.75) is 31.8 Å². The summed E-state index contributed by atoms with van der Waals surface area (Å²) in [7, 11) is 0. The number of hydrogen-bond donors (Lipinski definition) is 0. The number of ether oxygens (including phenoxy) is 3. The van der Waals surface area contributed by atoms with E-state index in [0.717, 1.165) is 0 Å². The molecule has 0 aromatic carbocycles. The van der Waals surface area contributed by atoms with Crippen LogP contribution in [-0.2, 0) is 19.0 Å². The molecule has 0 spiro atoms. The van der Waals surface area contributed by atoms with Crippen LogP contribution in [0, 0.1) is 0 Å². The van der Waals surface area contributed by atoms with Crippen LogP contribution in [0.15, 0.2) is 60.8 Å². The molecule has 0 aromatic heterocycles. The van der Waals surface area contributed by atoms with E-state index in [1.807, 2.05) is 48.6 Å². The Balaban J connectivity index is 1.81. The molecule has 4 heteroatoms. The quantitative estimate of drug-likeness (QED) is 0.391. The van der Waals surface area contributed by atoms with Gasteiger partial charge in [-0.1, -0.05) is 55.2 Å². The van der Waals surface area contributed by atoms with Gasteiger partial charge in [0.15, 0.2) is 6.29 Å². The highest BCUT2D eigenvalue weighted by atomic mass is 16.7. The predicted molar refractivity (Wildman–Crippen MR) is 80.5 cm³/mol. The molecule has 0 fully saturated rings. The monoisotopic (exact) mass is 288 g/mol. The fourth-order valence-electron chi connectivity index (χ4n) is 1.89. The van der Waals surface area contributed by atoms with Crippen molar-refractivity contribution < 1.29 is 19.0 Å². The Kier molecular flexibility index (Phi) is 5.72. The second kappa shape index (κ2) is 7.76. The van der Waals surface area contributed by atoms with Crippen molar-refractivity contribution >= 4 is 5.97 Å². The highest BCUT2D eigenvalue weighted by molar-refractivity contribution is 5.86. The molecular formula is C17H20O4. The average molecular weight is 288 g/mol. The maximum absolute atomic E-state index is 11.4. The van der Waals surface area contributed by atoms with Gasteiger partial charge in [0, 0.05) is 12.0 Å². The fourth-order valence-corrected chi connectivity index (χ4v) is 1.89. The van der Waals surface area contributed by atoms with Crippen LogP contribution >= 0.6 is 0 Å². The van der Waals surface area contributed by atoms with Crippen LogP contribution in [0.2, 0.25) is 0 Å². The second-order valence-corrected chi connectivity index (χ2v) is 4.88. The highest BCUT2D eigenvalue weighted by Crippen LogP contribution is 2.16. The van der Waals surface area contributed by atoms with E-state index in [-0.39, 0.29) is 18.8 Å². The lowest BCUT2D eigenvalue weighted by molar-refractivity contribution is -0.170. The third-order valence-corrected chi connectivity index (χ3v) is 2.98. The lowest BCUT2D eigenvalue weighted by Gasteiger charge is -2.23. The Morgan fingerprint density at radius 3 is 1.95 bits per heavy atom. The van der Waals surface area contributed by atoms with E-state index in [1.165, 1.54) is 0 Å². The zero-order chi connectivity index (χ0) is 15.1. The van der Waals surface area contributed by atoms with Crippen molar-refractivity contribution in [1.82, 2.24) is 0 Å². The van der Waals surface area contributed by atoms with Gasteiger partial charge in [-0.15, -0.1) is 0 Å². The minimum absolute atomic E-state index is 0.0961. The summed E-state index contributed by atoms with van der Waals surface area (Å²) in [6.07, 6.45) is 15.3. The summed E-state index contributed by atoms with van der Waals surface area (Å²) in [4.78, 5) is 11.4. The zero-order valence-corrected chi connectivity index (χ0v) is 12.1. The van der Waals surface area contributed by atoms with E-state index >= 15 is 0 Å². The number of hydrogen-bond acceptors (Lipinski definition) is 4. The average Bonchev–Trinajstić information content (AvgIpc) is 3.11. The first-order valence-corrected chi connectivity index (χ1v) is 6.98. The lowest BCUT2D eigenvalue weighted by Crippen LogP contribution is -2.27. The third kappa shape index (κ3) is 5.17. The standard InChI is InChI=1S/C17H20O4/c1-13(2)17(18)19-12-11-16(20-14-7-3-4-8-14)21-15-9-5-6-10-15/h3-10,14-16H,1,11-12H2,2H3. The molecule has 0 unspecified atom stereocenters. The Labute approximate surface area is 125 Å². The minimum Gasteiger partial charge on any atom is -0.462 e. The molecule has 0 N–H and O–H groups in total. The summed E-state index contributed by atoms with van der Waals surface area (Å²) in [5, 5.41) is 0. The Hall–Kier alpha value is -1.91. The molecule has 4 nitrogen and oxygen atoms in total. The zero-order valence-electron chi connectivity index (χ0n) is 12.1. The van der Waals surface area contributed by atoms with Crippen LogP contribution in [0.4, 0.5) is 0 Å². The van der Waals surface area contributed by atoms with Crippen molar-refractivity contribution in [3.63, 3.8) is 0 Å². The molecule has 0 heterocycles. The van der Waals surface area contributed by atoms with E-state index in [9.17, 15) is 4.79 Å². The molecule has 0 saturated carbocycles. The van der Waals surface area contributed by atoms with Gasteiger partial charge >= 0.3 is 5.97 Å². The van der Waals surface area contributed by atoms with Gasteiger partial charge in [0.25, 0.3) is 0 Å². The van der Waals surface area contributed by atoms with Crippen LogP contribution in [0.1, 0.15) is 13.3 Å². The molecule has 2 aliphatic rings. The van der Waals surface area contributed by atoms with E-state index in [4.69, 9.17) is 14.2 Å². The Morgan fingerprint density at radius 1 is 1.05 bits per heavy atom. The summed E-state index contributed by atoms with van der Waals surface area (Å²) in [5.41, 5.74) is 0.386. The summed E-state index contributed by atoms with van der Waals surface area (Å²) in [6.45, 7) is 5.40. The third-order valence-electron chi connectivity index (χ3n) is 2.98. The van der Waals surface area contributed by atoms with Crippen molar-refractivity contribution in [3.8, 4) is 0 Å². The molecule has 0 radical (unpaired) electrons. The molecule has 2 aliphatic carbocycles. The predicted octanol–water partition coefficient (Wildman–Crippen LogP) is 2.84. The minimum atomic E-state index is -0.447. The van der Waals surface area contributed by atoms with Crippen molar-refractivity contribution in [1.29, 1.82) is 0 Å². The first-order chi connectivity index (χ1) is 10.1. The van der Waals surface area contributed by atoms with Crippen LogP contribution in [0.25, 0.3) is 0 Å². The fraction of sp³-hybridized carbons (Fsp3) is 0.353. The second-order valence-electron chi connectivity index (χ2n) is 4.88. The van der Waals surface area contributed by atoms with Crippen molar-refractivity contribution in [3.05, 3.63) is 60.8 Å². The molecular weight excluding hydrogens is 268 g/mol. The molecule has 0 amide bonds. The SMILES string of the molecule is C=C(C)C(=O)OCCC(OC1C=CC=C1)OC1C=CC=C1.